The molecule has 1 N–H and O–H groups in total. The molecule has 1 saturated carbocycles. The van der Waals surface area contributed by atoms with Crippen LogP contribution in [0.4, 0.5) is 0 Å². The quantitative estimate of drug-likeness (QED) is 0.907. The first kappa shape index (κ1) is 16.0. The Morgan fingerprint density at radius 3 is 2.23 bits per heavy atom. The fourth-order valence-electron chi connectivity index (χ4n) is 3.43. The van der Waals surface area contributed by atoms with Crippen LogP contribution >= 0.6 is 0 Å². The van der Waals surface area contributed by atoms with Gasteiger partial charge in [-0.3, -0.25) is 0 Å². The van der Waals surface area contributed by atoms with E-state index in [1.54, 1.807) is 16.4 Å². The minimum atomic E-state index is -3.28. The topological polar surface area (TPSA) is 49.4 Å². The Hall–Kier alpha value is -0.910. The van der Waals surface area contributed by atoms with Gasteiger partial charge in [0.25, 0.3) is 0 Å². The number of rotatable bonds is 5. The third kappa shape index (κ3) is 3.70. The lowest BCUT2D eigenvalue weighted by molar-refractivity contribution is 0.372. The van der Waals surface area contributed by atoms with E-state index in [2.05, 4.69) is 5.32 Å². The van der Waals surface area contributed by atoms with Gasteiger partial charge in [0, 0.05) is 25.7 Å². The summed E-state index contributed by atoms with van der Waals surface area (Å²) in [4.78, 5) is 0.427. The molecule has 4 nitrogen and oxygen atoms in total. The minimum absolute atomic E-state index is 0.427. The first-order valence-electron chi connectivity index (χ1n) is 8.49. The van der Waals surface area contributed by atoms with Gasteiger partial charge >= 0.3 is 0 Å². The first-order chi connectivity index (χ1) is 10.7. The molecule has 0 radical (unpaired) electrons. The lowest BCUT2D eigenvalue weighted by atomic mass is 9.95. The van der Waals surface area contributed by atoms with Crippen molar-refractivity contribution in [3.05, 3.63) is 29.8 Å². The molecule has 0 atom stereocenters. The van der Waals surface area contributed by atoms with Gasteiger partial charge in [0.1, 0.15) is 0 Å². The van der Waals surface area contributed by atoms with E-state index in [4.69, 9.17) is 0 Å². The summed E-state index contributed by atoms with van der Waals surface area (Å²) in [6.45, 7) is 2.15. The Kier molecular flexibility index (Phi) is 5.16. The summed E-state index contributed by atoms with van der Waals surface area (Å²) in [6, 6.07) is 8.02. The van der Waals surface area contributed by atoms with Crippen molar-refractivity contribution >= 4 is 10.0 Å². The molecule has 1 aliphatic heterocycles. The van der Waals surface area contributed by atoms with Gasteiger partial charge in [0.15, 0.2) is 0 Å². The number of sulfonamides is 1. The zero-order valence-electron chi connectivity index (χ0n) is 13.1. The van der Waals surface area contributed by atoms with Crippen molar-refractivity contribution in [2.45, 2.75) is 62.4 Å². The van der Waals surface area contributed by atoms with Crippen molar-refractivity contribution in [1.82, 2.24) is 9.62 Å². The Bertz CT molecular complexity index is 571. The van der Waals surface area contributed by atoms with Crippen LogP contribution in [0, 0.1) is 0 Å². The molecule has 1 aromatic carbocycles. The molecule has 22 heavy (non-hydrogen) atoms. The number of nitrogens with one attached hydrogen (secondary N) is 1. The zero-order chi connectivity index (χ0) is 15.4. The van der Waals surface area contributed by atoms with E-state index in [1.165, 1.54) is 32.1 Å². The van der Waals surface area contributed by atoms with Crippen LogP contribution < -0.4 is 5.32 Å². The zero-order valence-corrected chi connectivity index (χ0v) is 13.9. The molecule has 1 heterocycles. The summed E-state index contributed by atoms with van der Waals surface area (Å²) in [5, 5.41) is 3.59. The lowest BCUT2D eigenvalue weighted by Crippen LogP contribution is -2.30. The molecule has 2 fully saturated rings. The van der Waals surface area contributed by atoms with E-state index >= 15 is 0 Å². The van der Waals surface area contributed by atoms with E-state index in [1.807, 2.05) is 12.1 Å². The summed E-state index contributed by atoms with van der Waals surface area (Å²) in [5.41, 5.74) is 1.16. The molecule has 0 spiro atoms. The third-order valence-corrected chi connectivity index (χ3v) is 6.74. The average molecular weight is 322 g/mol. The Morgan fingerprint density at radius 1 is 0.955 bits per heavy atom. The van der Waals surface area contributed by atoms with Crippen LogP contribution in [0.15, 0.2) is 29.2 Å². The van der Waals surface area contributed by atoms with Crippen molar-refractivity contribution in [3.8, 4) is 0 Å². The first-order valence-corrected chi connectivity index (χ1v) is 9.93. The Balaban J connectivity index is 1.60. The molecule has 3 rings (SSSR count). The van der Waals surface area contributed by atoms with E-state index in [-0.39, 0.29) is 0 Å². The van der Waals surface area contributed by atoms with Crippen molar-refractivity contribution in [1.29, 1.82) is 0 Å². The second-order valence-electron chi connectivity index (χ2n) is 6.47. The van der Waals surface area contributed by atoms with E-state index in [0.29, 0.717) is 24.0 Å². The highest BCUT2D eigenvalue weighted by Crippen LogP contribution is 2.21. The summed E-state index contributed by atoms with van der Waals surface area (Å²) in [5.74, 6) is 0. The SMILES string of the molecule is O=S(=O)(c1ccc(CNC2CCCCC2)cc1)N1CCCC1. The van der Waals surface area contributed by atoms with Crippen LogP contribution in [0.5, 0.6) is 0 Å². The maximum Gasteiger partial charge on any atom is 0.243 e. The fraction of sp³-hybridized carbons (Fsp3) is 0.647. The maximum absolute atomic E-state index is 12.5. The molecule has 0 unspecified atom stereocenters. The molecule has 122 valence electrons. The largest absolute Gasteiger partial charge is 0.310 e. The lowest BCUT2D eigenvalue weighted by Gasteiger charge is -2.23. The highest BCUT2D eigenvalue weighted by molar-refractivity contribution is 7.89. The van der Waals surface area contributed by atoms with Gasteiger partial charge in [0.05, 0.1) is 4.90 Å². The predicted octanol–water partition coefficient (Wildman–Crippen LogP) is 2.89. The Labute approximate surface area is 134 Å². The van der Waals surface area contributed by atoms with Gasteiger partial charge in [-0.1, -0.05) is 31.4 Å². The molecule has 5 heteroatoms. The second kappa shape index (κ2) is 7.11. The normalized spacial score (nSPS) is 21.3. The molecule has 0 aromatic heterocycles. The monoisotopic (exact) mass is 322 g/mol. The summed E-state index contributed by atoms with van der Waals surface area (Å²) in [7, 11) is -3.28. The molecule has 1 aromatic rings. The smallest absolute Gasteiger partial charge is 0.243 e. The molecule has 1 aliphatic carbocycles. The van der Waals surface area contributed by atoms with Crippen molar-refractivity contribution in [2.24, 2.45) is 0 Å². The highest BCUT2D eigenvalue weighted by atomic mass is 32.2. The van der Waals surface area contributed by atoms with Gasteiger partial charge in [0.2, 0.25) is 10.0 Å². The van der Waals surface area contributed by atoms with E-state index < -0.39 is 10.0 Å². The van der Waals surface area contributed by atoms with Crippen LogP contribution in [0.25, 0.3) is 0 Å². The average Bonchev–Trinajstić information content (AvgIpc) is 3.10. The fourth-order valence-corrected chi connectivity index (χ4v) is 4.94. The highest BCUT2D eigenvalue weighted by Gasteiger charge is 2.26. The van der Waals surface area contributed by atoms with E-state index in [0.717, 1.165) is 24.9 Å². The number of benzene rings is 1. The van der Waals surface area contributed by atoms with Crippen LogP contribution in [0.2, 0.25) is 0 Å². The maximum atomic E-state index is 12.5. The Morgan fingerprint density at radius 2 is 1.59 bits per heavy atom. The summed E-state index contributed by atoms with van der Waals surface area (Å²) < 4.78 is 26.5. The summed E-state index contributed by atoms with van der Waals surface area (Å²) in [6.07, 6.45) is 8.49. The number of hydrogen-bond acceptors (Lipinski definition) is 3. The van der Waals surface area contributed by atoms with Crippen LogP contribution in [0.1, 0.15) is 50.5 Å². The van der Waals surface area contributed by atoms with Gasteiger partial charge in [-0.2, -0.15) is 4.31 Å². The van der Waals surface area contributed by atoms with Crippen LogP contribution in [-0.4, -0.2) is 31.9 Å². The molecular formula is C17H26N2O2S. The van der Waals surface area contributed by atoms with Gasteiger partial charge in [-0.25, -0.2) is 8.42 Å². The van der Waals surface area contributed by atoms with E-state index in [9.17, 15) is 8.42 Å². The summed E-state index contributed by atoms with van der Waals surface area (Å²) >= 11 is 0. The molecule has 2 aliphatic rings. The second-order valence-corrected chi connectivity index (χ2v) is 8.41. The molecule has 0 bridgehead atoms. The van der Waals surface area contributed by atoms with Crippen molar-refractivity contribution in [2.75, 3.05) is 13.1 Å². The number of nitrogens with zero attached hydrogens (tertiary/aromatic N) is 1. The van der Waals surface area contributed by atoms with Crippen LogP contribution in [0.3, 0.4) is 0 Å². The minimum Gasteiger partial charge on any atom is -0.310 e. The molecule has 1 saturated heterocycles. The van der Waals surface area contributed by atoms with Crippen molar-refractivity contribution in [3.63, 3.8) is 0 Å². The standard InChI is InChI=1S/C17H26N2O2S/c20-22(21,19-12-4-5-13-19)17-10-8-15(9-11-17)14-18-16-6-2-1-3-7-16/h8-11,16,18H,1-7,12-14H2. The number of hydrogen-bond donors (Lipinski definition) is 1. The van der Waals surface area contributed by atoms with Crippen LogP contribution in [-0.2, 0) is 16.6 Å². The van der Waals surface area contributed by atoms with Gasteiger partial charge in [-0.15, -0.1) is 0 Å². The van der Waals surface area contributed by atoms with Gasteiger partial charge in [-0.05, 0) is 43.4 Å². The van der Waals surface area contributed by atoms with Crippen molar-refractivity contribution < 1.29 is 8.42 Å². The van der Waals surface area contributed by atoms with Gasteiger partial charge < -0.3 is 5.32 Å². The predicted molar refractivity (Wildman–Crippen MR) is 88.1 cm³/mol. The molecular weight excluding hydrogens is 296 g/mol. The third-order valence-electron chi connectivity index (χ3n) is 4.83. The molecule has 0 amide bonds.